The van der Waals surface area contributed by atoms with E-state index < -0.39 is 104 Å². The van der Waals surface area contributed by atoms with Gasteiger partial charge in [0.2, 0.25) is 17.6 Å². The monoisotopic (exact) mass is 774 g/mol. The second-order valence-electron chi connectivity index (χ2n) is 11.7. The number of phenolic OH excluding ortho intramolecular Hbond substituents is 1. The topological polar surface area (TPSA) is 95.0 Å². The van der Waals surface area contributed by atoms with Crippen molar-refractivity contribution in [2.75, 3.05) is 4.90 Å². The van der Waals surface area contributed by atoms with Gasteiger partial charge in [0, 0.05) is 20.8 Å². The molecule has 1 aromatic heterocycles. The number of fused-ring (bicyclic) bond motifs is 4. The molecule has 7 nitrogen and oxygen atoms in total. The van der Waals surface area contributed by atoms with Gasteiger partial charge in [-0.2, -0.15) is 0 Å². The summed E-state index contributed by atoms with van der Waals surface area (Å²) in [6, 6.07) is 7.55. The molecule has 16 heteroatoms. The Morgan fingerprint density at radius 2 is 1.57 bits per heavy atom. The van der Waals surface area contributed by atoms with Gasteiger partial charge >= 0.3 is 0 Å². The highest BCUT2D eigenvalue weighted by Gasteiger charge is 2.77. The minimum atomic E-state index is -2.72. The summed E-state index contributed by atoms with van der Waals surface area (Å²) in [6.45, 7) is -0.0167. The van der Waals surface area contributed by atoms with Crippen LogP contribution in [0.2, 0.25) is 0 Å². The molecule has 0 bridgehead atoms. The smallest absolute Gasteiger partial charge is 0.258 e. The zero-order chi connectivity index (χ0) is 33.9. The van der Waals surface area contributed by atoms with Crippen LogP contribution in [0.5, 0.6) is 5.75 Å². The van der Waals surface area contributed by atoms with Crippen LogP contribution in [0.1, 0.15) is 29.2 Å². The molecule has 0 spiro atoms. The number of carbonyl (C=O) groups is 4. The molecule has 1 N–H and O–H groups in total. The average molecular weight is 776 g/mol. The van der Waals surface area contributed by atoms with Gasteiger partial charge in [-0.3, -0.25) is 24.1 Å². The molecule has 6 unspecified atom stereocenters. The number of amides is 4. The number of rotatable bonds is 4. The maximum atomic E-state index is 15.1. The number of hydrogen-bond donors (Lipinski definition) is 1. The zero-order valence-electron chi connectivity index (χ0n) is 23.4. The molecule has 2 saturated heterocycles. The SMILES string of the molecule is O=C1C2CC=C3C(CC4(Cl)C(=O)N(c5c(F)c(F)c(F)c(F)c5F)C(=O)C4(Cl)C3c3cc(Br)ccc3O)C2C(=O)N1Cc1cccs1. The minimum absolute atomic E-state index is 0.000967. The van der Waals surface area contributed by atoms with Crippen LogP contribution in [0, 0.1) is 46.8 Å². The largest absolute Gasteiger partial charge is 0.508 e. The fraction of sp³-hybridized carbons (Fsp3) is 0.290. The Morgan fingerprint density at radius 1 is 0.915 bits per heavy atom. The van der Waals surface area contributed by atoms with Crippen LogP contribution in [0.25, 0.3) is 0 Å². The second kappa shape index (κ2) is 10.8. The van der Waals surface area contributed by atoms with Gasteiger partial charge in [0.05, 0.1) is 18.4 Å². The Kier molecular flexibility index (Phi) is 7.43. The summed E-state index contributed by atoms with van der Waals surface area (Å²) in [5.74, 6) is -21.6. The van der Waals surface area contributed by atoms with Gasteiger partial charge in [-0.15, -0.1) is 34.5 Å². The Balaban J connectivity index is 1.43. The van der Waals surface area contributed by atoms with E-state index in [-0.39, 0.29) is 29.0 Å². The van der Waals surface area contributed by atoms with Crippen LogP contribution in [-0.4, -0.2) is 43.4 Å². The first-order valence-electron chi connectivity index (χ1n) is 14.0. The number of anilines is 1. The molecule has 3 heterocycles. The summed E-state index contributed by atoms with van der Waals surface area (Å²) in [5.41, 5.74) is -1.71. The molecule has 0 radical (unpaired) electrons. The highest BCUT2D eigenvalue weighted by atomic mass is 79.9. The van der Waals surface area contributed by atoms with Crippen molar-refractivity contribution >= 4 is 79.8 Å². The number of thiophene rings is 1. The van der Waals surface area contributed by atoms with E-state index in [1.807, 2.05) is 0 Å². The molecule has 2 aromatic carbocycles. The van der Waals surface area contributed by atoms with Crippen molar-refractivity contribution in [3.8, 4) is 5.75 Å². The van der Waals surface area contributed by atoms with E-state index in [1.165, 1.54) is 29.5 Å². The number of hydrogen-bond acceptors (Lipinski definition) is 6. The third kappa shape index (κ3) is 4.20. The standard InChI is InChI=1S/C31H18BrCl2F5N2O5S/c32-11-3-6-17(42)15(8-11)19-13-4-5-14-18(27(44)40(26(14)43)10-12-2-1-7-47-12)16(13)9-30(33)28(45)41(29(46)31(19,30)34)25-23(38)21(36)20(35)22(37)24(25)39/h1-4,6-8,14,16,18-19,42H,5,9-10H2. The van der Waals surface area contributed by atoms with E-state index in [0.29, 0.717) is 4.47 Å². The van der Waals surface area contributed by atoms with Crippen molar-refractivity contribution in [2.24, 2.45) is 17.8 Å². The fourth-order valence-electron chi connectivity index (χ4n) is 7.45. The lowest BCUT2D eigenvalue weighted by atomic mass is 9.56. The highest BCUT2D eigenvalue weighted by molar-refractivity contribution is 9.10. The number of carbonyl (C=O) groups excluding carboxylic acids is 4. The van der Waals surface area contributed by atoms with Crippen molar-refractivity contribution in [1.29, 1.82) is 0 Å². The van der Waals surface area contributed by atoms with Gasteiger partial charge in [0.15, 0.2) is 33.0 Å². The van der Waals surface area contributed by atoms with Crippen LogP contribution in [0.3, 0.4) is 0 Å². The number of aromatic hydroxyl groups is 1. The first-order chi connectivity index (χ1) is 22.1. The van der Waals surface area contributed by atoms with Crippen LogP contribution < -0.4 is 4.90 Å². The predicted octanol–water partition coefficient (Wildman–Crippen LogP) is 6.68. The lowest BCUT2D eigenvalue weighted by molar-refractivity contribution is -0.141. The molecule has 47 heavy (non-hydrogen) atoms. The van der Waals surface area contributed by atoms with Gasteiger partial charge in [-0.05, 0) is 48.4 Å². The van der Waals surface area contributed by atoms with E-state index in [9.17, 15) is 37.5 Å². The van der Waals surface area contributed by atoms with E-state index in [2.05, 4.69) is 15.9 Å². The van der Waals surface area contributed by atoms with E-state index in [4.69, 9.17) is 23.2 Å². The number of halogens is 8. The second-order valence-corrected chi connectivity index (χ2v) is 14.9. The molecule has 2 aliphatic carbocycles. The van der Waals surface area contributed by atoms with Crippen LogP contribution in [0.4, 0.5) is 27.6 Å². The molecular weight excluding hydrogens is 758 g/mol. The average Bonchev–Trinajstić information content (AvgIpc) is 3.68. The molecular formula is C31H18BrCl2F5N2O5S. The lowest BCUT2D eigenvalue weighted by Gasteiger charge is -2.50. The van der Waals surface area contributed by atoms with Gasteiger partial charge in [0.1, 0.15) is 11.4 Å². The Bertz CT molecular complexity index is 1950. The number of alkyl halides is 2. The van der Waals surface area contributed by atoms with Crippen molar-refractivity contribution in [1.82, 2.24) is 4.90 Å². The number of imide groups is 2. The molecule has 3 fully saturated rings. The van der Waals surface area contributed by atoms with Crippen molar-refractivity contribution in [2.45, 2.75) is 35.1 Å². The Hall–Kier alpha value is -3.33. The summed E-state index contributed by atoms with van der Waals surface area (Å²) in [7, 11) is 0. The molecule has 4 aliphatic rings. The predicted molar refractivity (Wildman–Crippen MR) is 162 cm³/mol. The normalized spacial score (nSPS) is 30.1. The number of phenols is 1. The number of benzene rings is 2. The van der Waals surface area contributed by atoms with Gasteiger partial charge in [-0.1, -0.05) is 33.6 Å². The van der Waals surface area contributed by atoms with Crippen molar-refractivity contribution in [3.05, 3.63) is 91.4 Å². The van der Waals surface area contributed by atoms with Crippen LogP contribution >= 0.6 is 50.5 Å². The number of likely N-dealkylation sites (tertiary alicyclic amines) is 1. The zero-order valence-corrected chi connectivity index (χ0v) is 27.3. The van der Waals surface area contributed by atoms with E-state index in [1.54, 1.807) is 23.6 Å². The van der Waals surface area contributed by atoms with Crippen molar-refractivity contribution < 1.29 is 46.2 Å². The van der Waals surface area contributed by atoms with E-state index in [0.717, 1.165) is 9.78 Å². The van der Waals surface area contributed by atoms with E-state index >= 15 is 8.78 Å². The first-order valence-corrected chi connectivity index (χ1v) is 16.4. The van der Waals surface area contributed by atoms with Gasteiger partial charge in [-0.25, -0.2) is 26.9 Å². The molecule has 2 aliphatic heterocycles. The Labute approximate surface area is 284 Å². The fourth-order valence-corrected chi connectivity index (χ4v) is 9.45. The minimum Gasteiger partial charge on any atom is -0.508 e. The summed E-state index contributed by atoms with van der Waals surface area (Å²) in [5, 5.41) is 12.8. The highest BCUT2D eigenvalue weighted by Crippen LogP contribution is 2.66. The van der Waals surface area contributed by atoms with Crippen LogP contribution in [-0.2, 0) is 25.7 Å². The number of nitrogens with zero attached hydrogens (tertiary/aromatic N) is 2. The molecule has 7 rings (SSSR count). The maximum Gasteiger partial charge on any atom is 0.258 e. The molecule has 6 atom stereocenters. The van der Waals surface area contributed by atoms with Crippen molar-refractivity contribution in [3.63, 3.8) is 0 Å². The van der Waals surface area contributed by atoms with Gasteiger partial charge < -0.3 is 5.11 Å². The quantitative estimate of drug-likeness (QED) is 0.0798. The molecule has 1 saturated carbocycles. The molecule has 3 aromatic rings. The summed E-state index contributed by atoms with van der Waals surface area (Å²) >= 11 is 18.7. The summed E-state index contributed by atoms with van der Waals surface area (Å²) in [6.07, 6.45) is 0.938. The van der Waals surface area contributed by atoms with Gasteiger partial charge in [0.25, 0.3) is 11.8 Å². The third-order valence-corrected chi connectivity index (χ3v) is 12.3. The first kappa shape index (κ1) is 32.2. The number of allylic oxidation sites excluding steroid dienone is 2. The lowest BCUT2D eigenvalue weighted by Crippen LogP contribution is -2.60. The molecule has 4 amide bonds. The van der Waals surface area contributed by atoms with Crippen LogP contribution in [0.15, 0.2) is 51.8 Å². The molecule has 244 valence electrons. The maximum absolute atomic E-state index is 15.1. The summed E-state index contributed by atoms with van der Waals surface area (Å²) in [4.78, 5) is 52.2. The Morgan fingerprint density at radius 3 is 2.21 bits per heavy atom. The summed E-state index contributed by atoms with van der Waals surface area (Å²) < 4.78 is 73.3. The third-order valence-electron chi connectivity index (χ3n) is 9.51.